The van der Waals surface area contributed by atoms with Crippen molar-refractivity contribution >= 4 is 11.5 Å². The molecule has 0 amide bonds. The van der Waals surface area contributed by atoms with Gasteiger partial charge in [-0.3, -0.25) is 4.79 Å². The monoisotopic (exact) mass is 270 g/mol. The molecule has 2 rings (SSSR count). The quantitative estimate of drug-likeness (QED) is 0.895. The summed E-state index contributed by atoms with van der Waals surface area (Å²) in [4.78, 5) is 10.6. The van der Waals surface area contributed by atoms with Crippen LogP contribution in [0.4, 0.5) is 4.39 Å². The summed E-state index contributed by atoms with van der Waals surface area (Å²) in [6.07, 6.45) is 1.42. The van der Waals surface area contributed by atoms with E-state index in [1.807, 2.05) is 36.4 Å². The molecule has 0 heterocycles. The van der Waals surface area contributed by atoms with Gasteiger partial charge >= 0.3 is 5.97 Å². The van der Waals surface area contributed by atoms with E-state index in [0.717, 1.165) is 11.1 Å². The second-order valence-electron chi connectivity index (χ2n) is 4.51. The summed E-state index contributed by atoms with van der Waals surface area (Å²) in [5.41, 5.74) is 2.76. The van der Waals surface area contributed by atoms with Crippen molar-refractivity contribution in [2.45, 2.75) is 13.3 Å². The van der Waals surface area contributed by atoms with E-state index in [0.29, 0.717) is 11.1 Å². The maximum atomic E-state index is 14.1. The Morgan fingerprint density at radius 3 is 2.50 bits per heavy atom. The van der Waals surface area contributed by atoms with E-state index in [2.05, 4.69) is 0 Å². The van der Waals surface area contributed by atoms with Gasteiger partial charge in [0.1, 0.15) is 5.82 Å². The fourth-order valence-corrected chi connectivity index (χ4v) is 2.13. The van der Waals surface area contributed by atoms with Gasteiger partial charge in [-0.1, -0.05) is 48.5 Å². The highest BCUT2D eigenvalue weighted by atomic mass is 19.1. The van der Waals surface area contributed by atoms with Crippen molar-refractivity contribution in [1.82, 2.24) is 0 Å². The predicted octanol–water partition coefficient (Wildman–Crippen LogP) is 4.37. The lowest BCUT2D eigenvalue weighted by Crippen LogP contribution is -1.95. The van der Waals surface area contributed by atoms with Crippen molar-refractivity contribution < 1.29 is 14.3 Å². The molecular weight excluding hydrogens is 255 g/mol. The van der Waals surface area contributed by atoms with Gasteiger partial charge in [0.15, 0.2) is 0 Å². The van der Waals surface area contributed by atoms with Gasteiger partial charge in [-0.2, -0.15) is 0 Å². The number of benzene rings is 2. The summed E-state index contributed by atoms with van der Waals surface area (Å²) in [6, 6.07) is 14.4. The molecule has 0 bridgehead atoms. The Kier molecular flexibility index (Phi) is 4.31. The van der Waals surface area contributed by atoms with Crippen LogP contribution in [-0.2, 0) is 4.79 Å². The molecule has 0 aromatic heterocycles. The molecule has 0 aliphatic heterocycles. The summed E-state index contributed by atoms with van der Waals surface area (Å²) < 4.78 is 14.1. The Labute approximate surface area is 117 Å². The molecular formula is C17H15FO2. The molecule has 3 heteroatoms. The normalized spacial score (nSPS) is 11.4. The van der Waals surface area contributed by atoms with E-state index in [9.17, 15) is 9.18 Å². The summed E-state index contributed by atoms with van der Waals surface area (Å²) in [7, 11) is 0. The minimum atomic E-state index is -0.929. The van der Waals surface area contributed by atoms with Crippen LogP contribution in [-0.4, -0.2) is 11.1 Å². The second-order valence-corrected chi connectivity index (χ2v) is 4.51. The predicted molar refractivity (Wildman–Crippen MR) is 77.7 cm³/mol. The average molecular weight is 270 g/mol. The van der Waals surface area contributed by atoms with E-state index in [-0.39, 0.29) is 12.2 Å². The number of halogens is 1. The lowest BCUT2D eigenvalue weighted by atomic mass is 9.94. The van der Waals surface area contributed by atoms with Crippen LogP contribution >= 0.6 is 0 Å². The van der Waals surface area contributed by atoms with Crippen LogP contribution in [0.15, 0.2) is 54.6 Å². The fraction of sp³-hybridized carbons (Fsp3) is 0.118. The SMILES string of the molecule is C/C(=C\CC(=O)O)c1c(F)cccc1-c1ccccc1. The second kappa shape index (κ2) is 6.15. The third kappa shape index (κ3) is 3.12. The molecule has 1 N–H and O–H groups in total. The zero-order chi connectivity index (χ0) is 14.5. The summed E-state index contributed by atoms with van der Waals surface area (Å²) >= 11 is 0. The van der Waals surface area contributed by atoms with Crippen LogP contribution in [0.5, 0.6) is 0 Å². The third-order valence-corrected chi connectivity index (χ3v) is 3.08. The standard InChI is InChI=1S/C17H15FO2/c1-12(10-11-16(19)20)17-14(8-5-9-15(17)18)13-6-3-2-4-7-13/h2-10H,11H2,1H3,(H,19,20)/b12-10+. The molecule has 2 aromatic rings. The van der Waals surface area contributed by atoms with E-state index in [4.69, 9.17) is 5.11 Å². The van der Waals surface area contributed by atoms with E-state index in [1.54, 1.807) is 13.0 Å². The molecule has 0 aliphatic carbocycles. The topological polar surface area (TPSA) is 37.3 Å². The number of carbonyl (C=O) groups is 1. The molecule has 0 spiro atoms. The lowest BCUT2D eigenvalue weighted by Gasteiger charge is -2.11. The molecule has 20 heavy (non-hydrogen) atoms. The van der Waals surface area contributed by atoms with Crippen LogP contribution in [0.2, 0.25) is 0 Å². The number of carboxylic acids is 1. The summed E-state index contributed by atoms with van der Waals surface area (Å²) in [5.74, 6) is -1.27. The Bertz CT molecular complexity index is 645. The van der Waals surface area contributed by atoms with E-state index in [1.165, 1.54) is 12.1 Å². The molecule has 0 atom stereocenters. The molecule has 0 radical (unpaired) electrons. The maximum Gasteiger partial charge on any atom is 0.307 e. The average Bonchev–Trinajstić information content (AvgIpc) is 2.45. The minimum absolute atomic E-state index is 0.117. The molecule has 0 saturated carbocycles. The lowest BCUT2D eigenvalue weighted by molar-refractivity contribution is -0.135. The number of rotatable bonds is 4. The van der Waals surface area contributed by atoms with Crippen LogP contribution in [0.1, 0.15) is 18.9 Å². The first kappa shape index (κ1) is 14.0. The zero-order valence-corrected chi connectivity index (χ0v) is 11.1. The Morgan fingerprint density at radius 2 is 1.85 bits per heavy atom. The van der Waals surface area contributed by atoms with Crippen molar-refractivity contribution in [2.24, 2.45) is 0 Å². The fourth-order valence-electron chi connectivity index (χ4n) is 2.13. The van der Waals surface area contributed by atoms with Crippen molar-refractivity contribution in [3.05, 3.63) is 66.0 Å². The maximum absolute atomic E-state index is 14.1. The number of aliphatic carboxylic acids is 1. The van der Waals surface area contributed by atoms with E-state index < -0.39 is 5.97 Å². The van der Waals surface area contributed by atoms with Crippen molar-refractivity contribution in [3.63, 3.8) is 0 Å². The highest BCUT2D eigenvalue weighted by molar-refractivity contribution is 5.82. The van der Waals surface area contributed by atoms with Gasteiger partial charge in [0.25, 0.3) is 0 Å². The third-order valence-electron chi connectivity index (χ3n) is 3.08. The number of hydrogen-bond acceptors (Lipinski definition) is 1. The van der Waals surface area contributed by atoms with Crippen LogP contribution < -0.4 is 0 Å². The Morgan fingerprint density at radius 1 is 1.15 bits per heavy atom. The number of allylic oxidation sites excluding steroid dienone is 1. The first-order chi connectivity index (χ1) is 9.59. The van der Waals surface area contributed by atoms with Crippen molar-refractivity contribution in [2.75, 3.05) is 0 Å². The first-order valence-electron chi connectivity index (χ1n) is 6.32. The largest absolute Gasteiger partial charge is 0.481 e. The highest BCUT2D eigenvalue weighted by Crippen LogP contribution is 2.31. The summed E-state index contributed by atoms with van der Waals surface area (Å²) in [5, 5.41) is 8.73. The van der Waals surface area contributed by atoms with Crippen molar-refractivity contribution in [3.8, 4) is 11.1 Å². The molecule has 2 aromatic carbocycles. The van der Waals surface area contributed by atoms with Crippen LogP contribution in [0, 0.1) is 5.82 Å². The smallest absolute Gasteiger partial charge is 0.307 e. The van der Waals surface area contributed by atoms with Crippen LogP contribution in [0.3, 0.4) is 0 Å². The van der Waals surface area contributed by atoms with Crippen LogP contribution in [0.25, 0.3) is 16.7 Å². The van der Waals surface area contributed by atoms with Gasteiger partial charge < -0.3 is 5.11 Å². The molecule has 0 fully saturated rings. The van der Waals surface area contributed by atoms with Crippen molar-refractivity contribution in [1.29, 1.82) is 0 Å². The Balaban J connectivity index is 2.52. The Hall–Kier alpha value is -2.42. The molecule has 2 nitrogen and oxygen atoms in total. The number of hydrogen-bond donors (Lipinski definition) is 1. The van der Waals surface area contributed by atoms with E-state index >= 15 is 0 Å². The highest BCUT2D eigenvalue weighted by Gasteiger charge is 2.11. The molecule has 0 unspecified atom stereocenters. The molecule has 0 saturated heterocycles. The molecule has 102 valence electrons. The zero-order valence-electron chi connectivity index (χ0n) is 11.1. The van der Waals surface area contributed by atoms with Gasteiger partial charge in [0, 0.05) is 5.56 Å². The summed E-state index contributed by atoms with van der Waals surface area (Å²) in [6.45, 7) is 1.73. The van der Waals surface area contributed by atoms with Gasteiger partial charge in [-0.25, -0.2) is 4.39 Å². The first-order valence-corrected chi connectivity index (χ1v) is 6.32. The number of carboxylic acid groups (broad SMARTS) is 1. The van der Waals surface area contributed by atoms with Gasteiger partial charge in [-0.15, -0.1) is 0 Å². The van der Waals surface area contributed by atoms with Gasteiger partial charge in [0.05, 0.1) is 6.42 Å². The molecule has 0 aliphatic rings. The van der Waals surface area contributed by atoms with Gasteiger partial charge in [-0.05, 0) is 29.7 Å². The minimum Gasteiger partial charge on any atom is -0.481 e. The van der Waals surface area contributed by atoms with Gasteiger partial charge in [0.2, 0.25) is 0 Å².